The van der Waals surface area contributed by atoms with Crippen LogP contribution in [0.25, 0.3) is 0 Å². The SMILES string of the molecule is Cc1c(Cl)nc(C(C)C)nc1N(C)CC(=O)N(C)C. The van der Waals surface area contributed by atoms with E-state index in [1.165, 1.54) is 0 Å². The van der Waals surface area contributed by atoms with E-state index in [0.717, 1.165) is 5.56 Å². The first-order valence-corrected chi connectivity index (χ1v) is 6.57. The molecule has 5 nitrogen and oxygen atoms in total. The average molecular weight is 285 g/mol. The van der Waals surface area contributed by atoms with E-state index in [1.807, 2.05) is 27.8 Å². The Morgan fingerprint density at radius 1 is 1.26 bits per heavy atom. The van der Waals surface area contributed by atoms with E-state index in [4.69, 9.17) is 11.6 Å². The Morgan fingerprint density at radius 3 is 2.32 bits per heavy atom. The number of anilines is 1. The molecule has 0 unspecified atom stereocenters. The third-order valence-electron chi connectivity index (χ3n) is 2.83. The minimum absolute atomic E-state index is 0.0164. The molecule has 1 heterocycles. The van der Waals surface area contributed by atoms with Gasteiger partial charge in [0.2, 0.25) is 5.91 Å². The maximum atomic E-state index is 11.7. The van der Waals surface area contributed by atoms with Crippen LogP contribution in [-0.4, -0.2) is 48.5 Å². The standard InChI is InChI=1S/C13H21ClN4O/c1-8(2)12-15-11(14)9(3)13(16-12)18(6)7-10(19)17(4)5/h8H,7H2,1-6H3. The second-order valence-corrected chi connectivity index (χ2v) is 5.48. The molecule has 106 valence electrons. The molecule has 1 rings (SSSR count). The summed E-state index contributed by atoms with van der Waals surface area (Å²) < 4.78 is 0. The molecule has 0 spiro atoms. The number of nitrogens with zero attached hydrogens (tertiary/aromatic N) is 4. The van der Waals surface area contributed by atoms with E-state index in [1.54, 1.807) is 23.9 Å². The topological polar surface area (TPSA) is 49.3 Å². The minimum atomic E-state index is 0.0164. The molecular formula is C13H21ClN4O. The Kier molecular flexibility index (Phi) is 5.11. The van der Waals surface area contributed by atoms with Crippen molar-refractivity contribution in [2.24, 2.45) is 0 Å². The maximum Gasteiger partial charge on any atom is 0.241 e. The Labute approximate surface area is 119 Å². The van der Waals surface area contributed by atoms with Gasteiger partial charge in [0, 0.05) is 32.6 Å². The number of rotatable bonds is 4. The van der Waals surface area contributed by atoms with Crippen molar-refractivity contribution in [2.45, 2.75) is 26.7 Å². The van der Waals surface area contributed by atoms with E-state index in [-0.39, 0.29) is 18.4 Å². The number of aromatic nitrogens is 2. The summed E-state index contributed by atoms with van der Waals surface area (Å²) >= 11 is 6.13. The molecule has 1 aromatic rings. The van der Waals surface area contributed by atoms with Crippen molar-refractivity contribution >= 4 is 23.3 Å². The predicted molar refractivity (Wildman–Crippen MR) is 77.8 cm³/mol. The van der Waals surface area contributed by atoms with Crippen LogP contribution in [0.3, 0.4) is 0 Å². The lowest BCUT2D eigenvalue weighted by atomic mass is 10.2. The molecule has 0 radical (unpaired) electrons. The quantitative estimate of drug-likeness (QED) is 0.795. The molecule has 0 fully saturated rings. The number of amides is 1. The van der Waals surface area contributed by atoms with Crippen LogP contribution in [0.15, 0.2) is 0 Å². The van der Waals surface area contributed by atoms with E-state index in [9.17, 15) is 4.79 Å². The summed E-state index contributed by atoms with van der Waals surface area (Å²) in [4.78, 5) is 23.9. The van der Waals surface area contributed by atoms with Gasteiger partial charge in [0.25, 0.3) is 0 Å². The van der Waals surface area contributed by atoms with Crippen LogP contribution in [0.5, 0.6) is 0 Å². The van der Waals surface area contributed by atoms with Crippen LogP contribution in [-0.2, 0) is 4.79 Å². The minimum Gasteiger partial charge on any atom is -0.350 e. The lowest BCUT2D eigenvalue weighted by molar-refractivity contribution is -0.127. The first-order valence-electron chi connectivity index (χ1n) is 6.19. The fourth-order valence-electron chi connectivity index (χ4n) is 1.54. The van der Waals surface area contributed by atoms with Gasteiger partial charge in [0.15, 0.2) is 0 Å². The van der Waals surface area contributed by atoms with Crippen LogP contribution >= 0.6 is 11.6 Å². The molecule has 19 heavy (non-hydrogen) atoms. The summed E-state index contributed by atoms with van der Waals surface area (Å²) in [7, 11) is 5.29. The van der Waals surface area contributed by atoms with Crippen molar-refractivity contribution in [3.63, 3.8) is 0 Å². The average Bonchev–Trinajstić information content (AvgIpc) is 2.31. The lowest BCUT2D eigenvalue weighted by Crippen LogP contribution is -2.35. The molecule has 0 aliphatic carbocycles. The highest BCUT2D eigenvalue weighted by Crippen LogP contribution is 2.25. The van der Waals surface area contributed by atoms with Crippen molar-refractivity contribution in [1.82, 2.24) is 14.9 Å². The Bertz CT molecular complexity index is 474. The van der Waals surface area contributed by atoms with Gasteiger partial charge < -0.3 is 9.80 Å². The molecule has 1 aromatic heterocycles. The van der Waals surface area contributed by atoms with Crippen LogP contribution in [0.1, 0.15) is 31.2 Å². The largest absolute Gasteiger partial charge is 0.350 e. The van der Waals surface area contributed by atoms with Crippen molar-refractivity contribution < 1.29 is 4.79 Å². The summed E-state index contributed by atoms with van der Waals surface area (Å²) in [5.74, 6) is 1.60. The first kappa shape index (κ1) is 15.7. The van der Waals surface area contributed by atoms with Gasteiger partial charge >= 0.3 is 0 Å². The van der Waals surface area contributed by atoms with Gasteiger partial charge in [-0.3, -0.25) is 4.79 Å². The first-order chi connectivity index (χ1) is 8.73. The molecular weight excluding hydrogens is 264 g/mol. The molecule has 0 N–H and O–H groups in total. The van der Waals surface area contributed by atoms with Gasteiger partial charge in [-0.25, -0.2) is 9.97 Å². The van der Waals surface area contributed by atoms with Gasteiger partial charge in [-0.2, -0.15) is 0 Å². The third kappa shape index (κ3) is 3.80. The second kappa shape index (κ2) is 6.19. The van der Waals surface area contributed by atoms with Crippen LogP contribution < -0.4 is 4.90 Å². The van der Waals surface area contributed by atoms with Crippen molar-refractivity contribution in [3.8, 4) is 0 Å². The van der Waals surface area contributed by atoms with Crippen LogP contribution in [0.2, 0.25) is 5.15 Å². The molecule has 0 aliphatic rings. The number of halogens is 1. The highest BCUT2D eigenvalue weighted by atomic mass is 35.5. The molecule has 0 aliphatic heterocycles. The predicted octanol–water partition coefficient (Wildman–Crippen LogP) is 2.09. The van der Waals surface area contributed by atoms with Gasteiger partial charge in [-0.05, 0) is 6.92 Å². The highest BCUT2D eigenvalue weighted by molar-refractivity contribution is 6.30. The Morgan fingerprint density at radius 2 is 1.84 bits per heavy atom. The number of carbonyl (C=O) groups is 1. The number of hydrogen-bond donors (Lipinski definition) is 0. The fourth-order valence-corrected chi connectivity index (χ4v) is 1.71. The number of likely N-dealkylation sites (N-methyl/N-ethyl adjacent to an activating group) is 2. The second-order valence-electron chi connectivity index (χ2n) is 5.12. The maximum absolute atomic E-state index is 11.7. The van der Waals surface area contributed by atoms with Crippen LogP contribution in [0.4, 0.5) is 5.82 Å². The normalized spacial score (nSPS) is 10.7. The zero-order valence-corrected chi connectivity index (χ0v) is 13.1. The molecule has 0 saturated carbocycles. The monoisotopic (exact) mass is 284 g/mol. The summed E-state index contributed by atoms with van der Waals surface area (Å²) in [5.41, 5.74) is 0.792. The molecule has 0 saturated heterocycles. The van der Waals surface area contributed by atoms with Crippen LogP contribution in [0, 0.1) is 6.92 Å². The molecule has 0 bridgehead atoms. The Hall–Kier alpha value is -1.36. The van der Waals surface area contributed by atoms with Gasteiger partial charge in [-0.1, -0.05) is 25.4 Å². The van der Waals surface area contributed by atoms with E-state index < -0.39 is 0 Å². The smallest absolute Gasteiger partial charge is 0.241 e. The molecule has 6 heteroatoms. The zero-order valence-electron chi connectivity index (χ0n) is 12.4. The van der Waals surface area contributed by atoms with Gasteiger partial charge in [-0.15, -0.1) is 0 Å². The van der Waals surface area contributed by atoms with Crippen molar-refractivity contribution in [2.75, 3.05) is 32.6 Å². The van der Waals surface area contributed by atoms with E-state index >= 15 is 0 Å². The highest BCUT2D eigenvalue weighted by Gasteiger charge is 2.17. The third-order valence-corrected chi connectivity index (χ3v) is 3.20. The molecule has 0 atom stereocenters. The lowest BCUT2D eigenvalue weighted by Gasteiger charge is -2.22. The van der Waals surface area contributed by atoms with Crippen molar-refractivity contribution in [1.29, 1.82) is 0 Å². The number of hydrogen-bond acceptors (Lipinski definition) is 4. The molecule has 0 aromatic carbocycles. The fraction of sp³-hybridized carbons (Fsp3) is 0.615. The summed E-state index contributed by atoms with van der Waals surface area (Å²) in [6.45, 7) is 6.14. The van der Waals surface area contributed by atoms with Gasteiger partial charge in [0.1, 0.15) is 16.8 Å². The van der Waals surface area contributed by atoms with E-state index in [2.05, 4.69) is 9.97 Å². The number of carbonyl (C=O) groups excluding carboxylic acids is 1. The summed E-state index contributed by atoms with van der Waals surface area (Å²) in [5, 5.41) is 0.442. The summed E-state index contributed by atoms with van der Waals surface area (Å²) in [6, 6.07) is 0. The molecule has 1 amide bonds. The Balaban J connectivity index is 3.08. The summed E-state index contributed by atoms with van der Waals surface area (Å²) in [6.07, 6.45) is 0. The zero-order chi connectivity index (χ0) is 14.7. The van der Waals surface area contributed by atoms with Gasteiger partial charge in [0.05, 0.1) is 6.54 Å². The van der Waals surface area contributed by atoms with E-state index in [0.29, 0.717) is 16.8 Å². The van der Waals surface area contributed by atoms with Crippen molar-refractivity contribution in [3.05, 3.63) is 16.5 Å².